The minimum atomic E-state index is 0.797. The average Bonchev–Trinajstić information content (AvgIpc) is 3.12. The summed E-state index contributed by atoms with van der Waals surface area (Å²) in [5.41, 5.74) is 4.08. The second-order valence-electron chi connectivity index (χ2n) is 4.82. The minimum absolute atomic E-state index is 0.797. The lowest BCUT2D eigenvalue weighted by Crippen LogP contribution is -1.87. The first-order chi connectivity index (χ1) is 9.79. The largest absolute Gasteiger partial charge is 0.235 e. The molecule has 1 aliphatic carbocycles. The standard InChI is InChI=1S/C16H13BrN2S/c17-14-8-4-3-7-12(14)15-10-20-16(19-15)13(9-18)11-5-1-2-6-11/h3-4,7-8,10H,1-2,5-6H2. The number of hydrogen-bond acceptors (Lipinski definition) is 3. The number of halogens is 1. The molecule has 1 aromatic carbocycles. The molecule has 1 aliphatic rings. The van der Waals surface area contributed by atoms with Crippen molar-refractivity contribution >= 4 is 32.8 Å². The summed E-state index contributed by atoms with van der Waals surface area (Å²) in [6, 6.07) is 10.4. The van der Waals surface area contributed by atoms with E-state index in [0.717, 1.165) is 39.2 Å². The zero-order valence-corrected chi connectivity index (χ0v) is 13.3. The van der Waals surface area contributed by atoms with Crippen LogP contribution in [0.25, 0.3) is 16.8 Å². The zero-order valence-electron chi connectivity index (χ0n) is 10.9. The molecule has 20 heavy (non-hydrogen) atoms. The molecule has 2 aromatic rings. The van der Waals surface area contributed by atoms with Gasteiger partial charge in [-0.2, -0.15) is 5.26 Å². The Labute approximate surface area is 130 Å². The molecular weight excluding hydrogens is 332 g/mol. The molecule has 0 amide bonds. The molecule has 2 nitrogen and oxygen atoms in total. The third-order valence-corrected chi connectivity index (χ3v) is 5.09. The Kier molecular flexibility index (Phi) is 4.00. The van der Waals surface area contributed by atoms with Crippen LogP contribution >= 0.6 is 27.3 Å². The first-order valence-corrected chi connectivity index (χ1v) is 8.30. The highest BCUT2D eigenvalue weighted by Crippen LogP contribution is 2.35. The SMILES string of the molecule is N#CC(=C1CCCC1)c1nc(-c2ccccc2Br)cs1. The lowest BCUT2D eigenvalue weighted by atomic mass is 10.1. The molecule has 0 atom stereocenters. The molecule has 1 saturated carbocycles. The van der Waals surface area contributed by atoms with Gasteiger partial charge in [0.15, 0.2) is 0 Å². The zero-order chi connectivity index (χ0) is 13.9. The number of thiazole rings is 1. The van der Waals surface area contributed by atoms with Crippen molar-refractivity contribution in [2.24, 2.45) is 0 Å². The second-order valence-corrected chi connectivity index (χ2v) is 6.53. The van der Waals surface area contributed by atoms with Crippen molar-refractivity contribution in [3.63, 3.8) is 0 Å². The Balaban J connectivity index is 2.01. The maximum atomic E-state index is 9.42. The van der Waals surface area contributed by atoms with E-state index in [9.17, 15) is 5.26 Å². The van der Waals surface area contributed by atoms with Gasteiger partial charge in [-0.05, 0) is 37.3 Å². The second kappa shape index (κ2) is 5.90. The molecular formula is C16H13BrN2S. The van der Waals surface area contributed by atoms with Crippen molar-refractivity contribution in [3.8, 4) is 17.3 Å². The minimum Gasteiger partial charge on any atom is -0.235 e. The first kappa shape index (κ1) is 13.5. The van der Waals surface area contributed by atoms with Crippen LogP contribution in [-0.4, -0.2) is 4.98 Å². The number of hydrogen-bond donors (Lipinski definition) is 0. The Morgan fingerprint density at radius 3 is 2.70 bits per heavy atom. The van der Waals surface area contributed by atoms with Crippen molar-refractivity contribution in [2.45, 2.75) is 25.7 Å². The monoisotopic (exact) mass is 344 g/mol. The van der Waals surface area contributed by atoms with Crippen molar-refractivity contribution in [3.05, 3.63) is 44.7 Å². The van der Waals surface area contributed by atoms with Crippen molar-refractivity contribution in [1.82, 2.24) is 4.98 Å². The van der Waals surface area contributed by atoms with Crippen molar-refractivity contribution in [1.29, 1.82) is 5.26 Å². The van der Waals surface area contributed by atoms with Crippen LogP contribution in [-0.2, 0) is 0 Å². The predicted molar refractivity (Wildman–Crippen MR) is 86.3 cm³/mol. The molecule has 0 aliphatic heterocycles. The molecule has 4 heteroatoms. The van der Waals surface area contributed by atoms with E-state index in [0.29, 0.717) is 0 Å². The molecule has 3 rings (SSSR count). The number of nitriles is 1. The Morgan fingerprint density at radius 2 is 2.00 bits per heavy atom. The number of aromatic nitrogens is 1. The van der Waals surface area contributed by atoms with Crippen LogP contribution < -0.4 is 0 Å². The van der Waals surface area contributed by atoms with E-state index in [1.54, 1.807) is 11.3 Å². The average molecular weight is 345 g/mol. The summed E-state index contributed by atoms with van der Waals surface area (Å²) < 4.78 is 1.03. The highest BCUT2D eigenvalue weighted by molar-refractivity contribution is 9.10. The van der Waals surface area contributed by atoms with Crippen LogP contribution in [0.5, 0.6) is 0 Å². The van der Waals surface area contributed by atoms with E-state index in [1.165, 1.54) is 18.4 Å². The van der Waals surface area contributed by atoms with Crippen LogP contribution in [0.3, 0.4) is 0 Å². The molecule has 0 bridgehead atoms. The number of benzene rings is 1. The van der Waals surface area contributed by atoms with E-state index in [1.807, 2.05) is 29.6 Å². The van der Waals surface area contributed by atoms with E-state index in [2.05, 4.69) is 27.0 Å². The summed E-state index contributed by atoms with van der Waals surface area (Å²) >= 11 is 5.11. The van der Waals surface area contributed by atoms with Gasteiger partial charge in [-0.15, -0.1) is 11.3 Å². The summed E-state index contributed by atoms with van der Waals surface area (Å²) in [4.78, 5) is 4.67. The Bertz CT molecular complexity index is 701. The molecule has 0 radical (unpaired) electrons. The molecule has 1 heterocycles. The van der Waals surface area contributed by atoms with Gasteiger partial charge in [-0.25, -0.2) is 4.98 Å². The van der Waals surface area contributed by atoms with E-state index in [4.69, 9.17) is 0 Å². The number of allylic oxidation sites excluding steroid dienone is 2. The van der Waals surface area contributed by atoms with Gasteiger partial charge < -0.3 is 0 Å². The van der Waals surface area contributed by atoms with Gasteiger partial charge in [0, 0.05) is 15.4 Å². The van der Waals surface area contributed by atoms with Crippen LogP contribution in [0.4, 0.5) is 0 Å². The highest BCUT2D eigenvalue weighted by Gasteiger charge is 2.17. The van der Waals surface area contributed by atoms with E-state index < -0.39 is 0 Å². The quantitative estimate of drug-likeness (QED) is 0.681. The van der Waals surface area contributed by atoms with Crippen molar-refractivity contribution in [2.75, 3.05) is 0 Å². The van der Waals surface area contributed by atoms with Crippen molar-refractivity contribution < 1.29 is 0 Å². The molecule has 0 spiro atoms. The molecule has 1 aromatic heterocycles. The number of rotatable bonds is 2. The fourth-order valence-electron chi connectivity index (χ4n) is 2.51. The third kappa shape index (κ3) is 2.56. The van der Waals surface area contributed by atoms with Crippen LogP contribution in [0, 0.1) is 11.3 Å². The molecule has 0 unspecified atom stereocenters. The molecule has 100 valence electrons. The smallest absolute Gasteiger partial charge is 0.134 e. The van der Waals surface area contributed by atoms with Crippen LogP contribution in [0.2, 0.25) is 0 Å². The molecule has 0 N–H and O–H groups in total. The molecule has 0 saturated heterocycles. The van der Waals surface area contributed by atoms with Crippen LogP contribution in [0.1, 0.15) is 30.7 Å². The van der Waals surface area contributed by atoms with Crippen LogP contribution in [0.15, 0.2) is 39.7 Å². The van der Waals surface area contributed by atoms with Gasteiger partial charge in [0.1, 0.15) is 11.1 Å². The summed E-state index contributed by atoms with van der Waals surface area (Å²) in [6.07, 6.45) is 4.49. The summed E-state index contributed by atoms with van der Waals surface area (Å²) in [7, 11) is 0. The van der Waals surface area contributed by atoms with E-state index >= 15 is 0 Å². The molecule has 1 fully saturated rings. The normalized spacial score (nSPS) is 14.3. The first-order valence-electron chi connectivity index (χ1n) is 6.62. The maximum Gasteiger partial charge on any atom is 0.134 e. The van der Waals surface area contributed by atoms with Gasteiger partial charge in [0.2, 0.25) is 0 Å². The number of nitrogens with zero attached hydrogens (tertiary/aromatic N) is 2. The van der Waals surface area contributed by atoms with E-state index in [-0.39, 0.29) is 0 Å². The third-order valence-electron chi connectivity index (χ3n) is 3.54. The maximum absolute atomic E-state index is 9.42. The van der Waals surface area contributed by atoms with Gasteiger partial charge in [-0.1, -0.05) is 34.1 Å². The topological polar surface area (TPSA) is 36.7 Å². The highest BCUT2D eigenvalue weighted by atomic mass is 79.9. The summed E-state index contributed by atoms with van der Waals surface area (Å²) in [5.74, 6) is 0. The lowest BCUT2D eigenvalue weighted by Gasteiger charge is -2.00. The Hall–Kier alpha value is -1.44. The van der Waals surface area contributed by atoms with Gasteiger partial charge in [0.05, 0.1) is 11.3 Å². The fourth-order valence-corrected chi connectivity index (χ4v) is 3.86. The van der Waals surface area contributed by atoms with Gasteiger partial charge in [-0.3, -0.25) is 0 Å². The summed E-state index contributed by atoms with van der Waals surface area (Å²) in [6.45, 7) is 0. The Morgan fingerprint density at radius 1 is 1.25 bits per heavy atom. The predicted octanol–water partition coefficient (Wildman–Crippen LogP) is 5.42. The van der Waals surface area contributed by atoms with Gasteiger partial charge >= 0.3 is 0 Å². The summed E-state index contributed by atoms with van der Waals surface area (Å²) in [5, 5.41) is 12.3. The fraction of sp³-hybridized carbons (Fsp3) is 0.250. The lowest BCUT2D eigenvalue weighted by molar-refractivity contribution is 0.886. The van der Waals surface area contributed by atoms with Gasteiger partial charge in [0.25, 0.3) is 0 Å².